The quantitative estimate of drug-likeness (QED) is 0.303. The van der Waals surface area contributed by atoms with E-state index in [4.69, 9.17) is 4.74 Å². The lowest BCUT2D eigenvalue weighted by Gasteiger charge is -2.27. The number of rotatable bonds is 8. The van der Waals surface area contributed by atoms with Gasteiger partial charge in [-0.05, 0) is 30.5 Å². The van der Waals surface area contributed by atoms with E-state index in [9.17, 15) is 14.4 Å². The Balaban J connectivity index is 1.15. The molecule has 0 bridgehead atoms. The summed E-state index contributed by atoms with van der Waals surface area (Å²) in [6.07, 6.45) is 4.96. The molecule has 2 N–H and O–H groups in total. The number of carbonyl (C=O) groups excluding carboxylic acids is 3. The molecule has 1 saturated carbocycles. The average molecular weight is 589 g/mol. The number of thioether (sulfide) groups is 1. The van der Waals surface area contributed by atoms with Crippen molar-refractivity contribution >= 4 is 46.1 Å². The Morgan fingerprint density at radius 2 is 1.85 bits per heavy atom. The summed E-state index contributed by atoms with van der Waals surface area (Å²) in [5.74, 6) is 0.619. The van der Waals surface area contributed by atoms with Gasteiger partial charge < -0.3 is 19.9 Å². The first-order chi connectivity index (χ1) is 20.0. The predicted molar refractivity (Wildman–Crippen MR) is 157 cm³/mol. The van der Waals surface area contributed by atoms with Gasteiger partial charge in [0.15, 0.2) is 5.13 Å². The number of thiazole rings is 1. The number of anilines is 1. The number of nitrogens with zero attached hydrogens (tertiary/aromatic N) is 4. The summed E-state index contributed by atoms with van der Waals surface area (Å²) in [6.45, 7) is 0.0966. The van der Waals surface area contributed by atoms with E-state index in [1.807, 2.05) is 59.5 Å². The molecule has 3 heterocycles. The summed E-state index contributed by atoms with van der Waals surface area (Å²) in [6, 6.07) is 16.2. The van der Waals surface area contributed by atoms with Gasteiger partial charge >= 0.3 is 6.09 Å². The van der Waals surface area contributed by atoms with E-state index in [1.165, 1.54) is 28.0 Å². The van der Waals surface area contributed by atoms with Crippen LogP contribution in [0.1, 0.15) is 40.0 Å². The summed E-state index contributed by atoms with van der Waals surface area (Å²) in [4.78, 5) is 49.6. The number of aryl methyl sites for hydroxylation is 1. The summed E-state index contributed by atoms with van der Waals surface area (Å²) < 4.78 is 7.48. The number of imidazole rings is 1. The topological polar surface area (TPSA) is 118 Å². The van der Waals surface area contributed by atoms with Crippen LogP contribution >= 0.6 is 23.1 Å². The van der Waals surface area contributed by atoms with Gasteiger partial charge in [0.05, 0.1) is 5.69 Å². The zero-order valence-corrected chi connectivity index (χ0v) is 23.9. The fraction of sp³-hybridized carbons (Fsp3) is 0.276. The molecule has 3 amide bonds. The Bertz CT molecular complexity index is 1550. The van der Waals surface area contributed by atoms with Crippen molar-refractivity contribution in [3.8, 4) is 11.3 Å². The van der Waals surface area contributed by atoms with Gasteiger partial charge in [-0.1, -0.05) is 42.5 Å². The molecule has 1 aliphatic heterocycles. The minimum atomic E-state index is -0.776. The van der Waals surface area contributed by atoms with Crippen LogP contribution in [0.3, 0.4) is 0 Å². The Morgan fingerprint density at radius 1 is 1.07 bits per heavy atom. The van der Waals surface area contributed by atoms with Crippen molar-refractivity contribution < 1.29 is 19.1 Å². The molecule has 12 heteroatoms. The van der Waals surface area contributed by atoms with Crippen molar-refractivity contribution in [2.45, 2.75) is 36.9 Å². The van der Waals surface area contributed by atoms with Gasteiger partial charge in [0.25, 0.3) is 5.91 Å². The smallest absolute Gasteiger partial charge is 0.412 e. The Hall–Kier alpha value is -4.16. The number of hydrogen-bond acceptors (Lipinski definition) is 8. The van der Waals surface area contributed by atoms with Crippen molar-refractivity contribution in [1.82, 2.24) is 24.8 Å². The minimum Gasteiger partial charge on any atom is -0.444 e. The van der Waals surface area contributed by atoms with Crippen molar-refractivity contribution in [2.24, 2.45) is 7.05 Å². The molecule has 2 aliphatic rings. The van der Waals surface area contributed by atoms with E-state index in [1.54, 1.807) is 24.5 Å². The second-order valence-corrected chi connectivity index (χ2v) is 11.9. The second-order valence-electron chi connectivity index (χ2n) is 9.90. The number of aromatic nitrogens is 3. The highest BCUT2D eigenvalue weighted by Crippen LogP contribution is 2.41. The molecule has 2 unspecified atom stereocenters. The van der Waals surface area contributed by atoms with Gasteiger partial charge in [-0.2, -0.15) is 0 Å². The van der Waals surface area contributed by atoms with Crippen LogP contribution in [0, 0.1) is 0 Å². The van der Waals surface area contributed by atoms with Crippen molar-refractivity contribution in [3.05, 3.63) is 89.3 Å². The number of hydrogen-bond donors (Lipinski definition) is 2. The van der Waals surface area contributed by atoms with Gasteiger partial charge in [0, 0.05) is 47.7 Å². The normalized spacial score (nSPS) is 18.2. The highest BCUT2D eigenvalue weighted by atomic mass is 32.2. The third kappa shape index (κ3) is 6.13. The lowest BCUT2D eigenvalue weighted by molar-refractivity contribution is -0.120. The van der Waals surface area contributed by atoms with Crippen LogP contribution in [-0.2, 0) is 23.2 Å². The predicted octanol–water partition coefficient (Wildman–Crippen LogP) is 4.83. The number of nitrogens with one attached hydrogen (secondary N) is 2. The molecule has 6 rings (SSSR count). The third-order valence-electron chi connectivity index (χ3n) is 6.89. The van der Waals surface area contributed by atoms with E-state index in [0.29, 0.717) is 34.0 Å². The average Bonchev–Trinajstić information content (AvgIpc) is 3.33. The fourth-order valence-electron chi connectivity index (χ4n) is 4.48. The zero-order valence-electron chi connectivity index (χ0n) is 22.2. The van der Waals surface area contributed by atoms with Gasteiger partial charge in [-0.3, -0.25) is 14.5 Å². The summed E-state index contributed by atoms with van der Waals surface area (Å²) in [7, 11) is 1.85. The molecule has 1 saturated heterocycles. The first-order valence-electron chi connectivity index (χ1n) is 13.2. The van der Waals surface area contributed by atoms with Gasteiger partial charge in [-0.15, -0.1) is 23.1 Å². The maximum absolute atomic E-state index is 13.5. The Labute approximate surface area is 245 Å². The second kappa shape index (κ2) is 11.8. The number of benzene rings is 2. The summed E-state index contributed by atoms with van der Waals surface area (Å²) in [5.41, 5.74) is 2.98. The van der Waals surface area contributed by atoms with Crippen LogP contribution in [-0.4, -0.2) is 55.2 Å². The monoisotopic (exact) mass is 588 g/mol. The third-order valence-corrected chi connectivity index (χ3v) is 8.91. The minimum absolute atomic E-state index is 0.0737. The molecule has 0 radical (unpaired) electrons. The van der Waals surface area contributed by atoms with Crippen molar-refractivity contribution in [1.29, 1.82) is 0 Å². The van der Waals surface area contributed by atoms with Crippen LogP contribution in [0.2, 0.25) is 0 Å². The molecule has 41 heavy (non-hydrogen) atoms. The molecular weight excluding hydrogens is 560 g/mol. The van der Waals surface area contributed by atoms with Crippen LogP contribution < -0.4 is 10.6 Å². The maximum Gasteiger partial charge on any atom is 0.412 e. The molecule has 1 aliphatic carbocycles. The largest absolute Gasteiger partial charge is 0.444 e. The van der Waals surface area contributed by atoms with Gasteiger partial charge in [0.1, 0.15) is 23.8 Å². The van der Waals surface area contributed by atoms with E-state index in [-0.39, 0.29) is 18.4 Å². The lowest BCUT2D eigenvalue weighted by atomic mass is 10.1. The van der Waals surface area contributed by atoms with Gasteiger partial charge in [-0.25, -0.2) is 14.8 Å². The highest BCUT2D eigenvalue weighted by molar-refractivity contribution is 7.99. The molecule has 210 valence electrons. The van der Waals surface area contributed by atoms with E-state index >= 15 is 0 Å². The molecular formula is C29H28N6O4S2. The SMILES string of the molecule is Cn1ccnc1C1SCC(C(=O)Nc2nc(-c3ccc(C(=O)NC4CC4)cc3)cs2)N1C(=O)OCc1ccccc1. The van der Waals surface area contributed by atoms with E-state index in [0.717, 1.165) is 24.0 Å². The van der Waals surface area contributed by atoms with Gasteiger partial charge in [0.2, 0.25) is 5.91 Å². The molecule has 2 aromatic carbocycles. The number of ether oxygens (including phenoxy) is 1. The van der Waals surface area contributed by atoms with Crippen LogP contribution in [0.5, 0.6) is 0 Å². The molecule has 2 atom stereocenters. The standard InChI is InChI=1S/C29H28N6O4S2/c1-34-14-13-30-24(34)27-35(29(38)39-15-18-5-3-2-4-6-18)23(17-40-27)26(37)33-28-32-22(16-41-28)19-7-9-20(10-8-19)25(36)31-21-11-12-21/h2-10,13-14,16,21,23,27H,11-12,15,17H2,1H3,(H,31,36)(H,32,33,37). The molecule has 4 aromatic rings. The summed E-state index contributed by atoms with van der Waals surface area (Å²) >= 11 is 2.76. The lowest BCUT2D eigenvalue weighted by Crippen LogP contribution is -2.46. The molecule has 2 aromatic heterocycles. The zero-order chi connectivity index (χ0) is 28.3. The van der Waals surface area contributed by atoms with E-state index < -0.39 is 17.5 Å². The van der Waals surface area contributed by atoms with Crippen LogP contribution in [0.4, 0.5) is 9.93 Å². The fourth-order valence-corrected chi connectivity index (χ4v) is 6.65. The highest BCUT2D eigenvalue weighted by Gasteiger charge is 2.45. The molecule has 2 fully saturated rings. The van der Waals surface area contributed by atoms with Crippen LogP contribution in [0.15, 0.2) is 72.4 Å². The number of carbonyl (C=O) groups is 3. The van der Waals surface area contributed by atoms with Crippen molar-refractivity contribution in [2.75, 3.05) is 11.1 Å². The Morgan fingerprint density at radius 3 is 2.56 bits per heavy atom. The first-order valence-corrected chi connectivity index (χ1v) is 15.1. The Kier molecular flexibility index (Phi) is 7.75. The number of amides is 3. The maximum atomic E-state index is 13.5. The van der Waals surface area contributed by atoms with Crippen molar-refractivity contribution in [3.63, 3.8) is 0 Å². The first kappa shape index (κ1) is 27.0. The molecule has 10 nitrogen and oxygen atoms in total. The van der Waals surface area contributed by atoms with E-state index in [2.05, 4.69) is 20.6 Å². The summed E-state index contributed by atoms with van der Waals surface area (Å²) in [5, 5.41) is 7.66. The molecule has 0 spiro atoms. The van der Waals surface area contributed by atoms with Crippen LogP contribution in [0.25, 0.3) is 11.3 Å².